The number of fused-ring (bicyclic) bond motifs is 9. The van der Waals surface area contributed by atoms with Crippen molar-refractivity contribution >= 4 is 53.1 Å². The molecule has 2 heteroatoms. The van der Waals surface area contributed by atoms with E-state index in [9.17, 15) is 4.79 Å². The minimum absolute atomic E-state index is 0.284. The third kappa shape index (κ3) is 0.541. The van der Waals surface area contributed by atoms with Gasteiger partial charge in [0.15, 0.2) is 5.43 Å². The summed E-state index contributed by atoms with van der Waals surface area (Å²) in [5.41, 5.74) is 0.284. The zero-order valence-corrected chi connectivity index (χ0v) is 8.44. The standard InChI is InChI=1S/C13H4OS/c14-11-9-7-5-3-1-2-4-6(5)8(7)12-13(15-12)10(9)11/h1-4H. The molecular weight excluding hydrogens is 204 g/mol. The van der Waals surface area contributed by atoms with Crippen LogP contribution in [0.4, 0.5) is 0 Å². The van der Waals surface area contributed by atoms with Crippen molar-refractivity contribution in [2.75, 3.05) is 0 Å². The van der Waals surface area contributed by atoms with Crippen molar-refractivity contribution in [3.8, 4) is 0 Å². The molecule has 0 amide bonds. The maximum atomic E-state index is 11.6. The van der Waals surface area contributed by atoms with Crippen LogP contribution in [0.2, 0.25) is 0 Å². The molecule has 5 aromatic rings. The van der Waals surface area contributed by atoms with Gasteiger partial charge in [-0.05, 0) is 10.8 Å². The summed E-state index contributed by atoms with van der Waals surface area (Å²) >= 11 is 1.78. The van der Waals surface area contributed by atoms with E-state index < -0.39 is 0 Å². The molecule has 0 atom stereocenters. The second-order valence-electron chi connectivity index (χ2n) is 4.14. The summed E-state index contributed by atoms with van der Waals surface area (Å²) in [7, 11) is 0. The van der Waals surface area contributed by atoms with Gasteiger partial charge in [-0.2, -0.15) is 0 Å². The minimum atomic E-state index is 0.284. The Morgan fingerprint density at radius 3 is 2.27 bits per heavy atom. The molecule has 1 heterocycles. The Kier molecular flexibility index (Phi) is 0.774. The van der Waals surface area contributed by atoms with Crippen molar-refractivity contribution in [3.05, 3.63) is 34.5 Å². The van der Waals surface area contributed by atoms with Gasteiger partial charge >= 0.3 is 0 Å². The molecule has 68 valence electrons. The van der Waals surface area contributed by atoms with Gasteiger partial charge in [0, 0.05) is 16.2 Å². The lowest BCUT2D eigenvalue weighted by Gasteiger charge is -2.07. The Morgan fingerprint density at radius 2 is 1.47 bits per heavy atom. The normalized spacial score (nSPS) is 13.6. The Labute approximate surface area is 87.9 Å². The second kappa shape index (κ2) is 1.72. The van der Waals surface area contributed by atoms with Gasteiger partial charge < -0.3 is 0 Å². The van der Waals surface area contributed by atoms with E-state index >= 15 is 0 Å². The Balaban J connectivity index is 2.28. The van der Waals surface area contributed by atoms with Crippen LogP contribution >= 0.6 is 11.3 Å². The lowest BCUT2D eigenvalue weighted by Crippen LogP contribution is -1.81. The van der Waals surface area contributed by atoms with E-state index in [4.69, 9.17) is 0 Å². The van der Waals surface area contributed by atoms with Gasteiger partial charge in [-0.3, -0.25) is 4.79 Å². The third-order valence-electron chi connectivity index (χ3n) is 3.43. The fourth-order valence-electron chi connectivity index (χ4n) is 2.65. The Bertz CT molecular complexity index is 963. The molecule has 0 radical (unpaired) electrons. The first-order valence-electron chi connectivity index (χ1n) is 4.94. The quantitative estimate of drug-likeness (QED) is 0.381. The zero-order chi connectivity index (χ0) is 9.73. The largest absolute Gasteiger partial charge is 0.288 e. The average Bonchev–Trinajstić information content (AvgIpc) is 3.09. The topological polar surface area (TPSA) is 17.1 Å². The van der Waals surface area contributed by atoms with E-state index in [0.29, 0.717) is 0 Å². The summed E-state index contributed by atoms with van der Waals surface area (Å²) in [5.74, 6) is 0. The molecule has 0 bridgehead atoms. The van der Waals surface area contributed by atoms with E-state index in [0.717, 1.165) is 10.8 Å². The molecule has 0 N–H and O–H groups in total. The van der Waals surface area contributed by atoms with Crippen LogP contribution in [0.5, 0.6) is 0 Å². The molecule has 15 heavy (non-hydrogen) atoms. The summed E-state index contributed by atoms with van der Waals surface area (Å²) in [6, 6.07) is 8.37. The molecule has 0 unspecified atom stereocenters. The maximum absolute atomic E-state index is 11.6. The van der Waals surface area contributed by atoms with Crippen LogP contribution in [0.15, 0.2) is 29.1 Å². The fourth-order valence-corrected chi connectivity index (χ4v) is 3.62. The van der Waals surface area contributed by atoms with Gasteiger partial charge in [0.1, 0.15) is 0 Å². The first-order chi connectivity index (χ1) is 7.38. The molecule has 5 rings (SSSR count). The molecule has 1 nitrogen and oxygen atoms in total. The molecule has 1 aromatic heterocycles. The van der Waals surface area contributed by atoms with Crippen molar-refractivity contribution in [2.45, 2.75) is 0 Å². The van der Waals surface area contributed by atoms with E-state index in [2.05, 4.69) is 18.2 Å². The summed E-state index contributed by atoms with van der Waals surface area (Å²) in [6.07, 6.45) is 0. The first-order valence-corrected chi connectivity index (χ1v) is 5.76. The second-order valence-corrected chi connectivity index (χ2v) is 5.16. The Hall–Kier alpha value is -1.67. The smallest absolute Gasteiger partial charge is 0.196 e. The average molecular weight is 208 g/mol. The van der Waals surface area contributed by atoms with E-state index in [1.807, 2.05) is 6.07 Å². The number of hydrogen-bond acceptors (Lipinski definition) is 2. The molecular formula is C13H4OS. The fraction of sp³-hybridized carbons (Fsp3) is 0. The number of rotatable bonds is 0. The highest BCUT2D eigenvalue weighted by Crippen LogP contribution is 2.53. The van der Waals surface area contributed by atoms with Gasteiger partial charge in [-0.15, -0.1) is 11.3 Å². The summed E-state index contributed by atoms with van der Waals surface area (Å²) in [4.78, 5) is 11.6. The Morgan fingerprint density at radius 1 is 0.800 bits per heavy atom. The number of benzene rings is 2. The van der Waals surface area contributed by atoms with Crippen molar-refractivity contribution in [3.63, 3.8) is 0 Å². The SMILES string of the molecule is O=c1c2c3sc3c3c4ccccc4c3c12. The van der Waals surface area contributed by atoms with Crippen LogP contribution < -0.4 is 5.43 Å². The molecule has 4 aromatic carbocycles. The predicted octanol–water partition coefficient (Wildman–Crippen LogP) is 3.47. The monoisotopic (exact) mass is 208 g/mol. The predicted molar refractivity (Wildman–Crippen MR) is 65.4 cm³/mol. The third-order valence-corrected chi connectivity index (χ3v) is 4.45. The lowest BCUT2D eigenvalue weighted by molar-refractivity contribution is 1.84. The van der Waals surface area contributed by atoms with E-state index in [1.54, 1.807) is 11.3 Å². The van der Waals surface area contributed by atoms with Crippen LogP contribution in [0.3, 0.4) is 0 Å². The van der Waals surface area contributed by atoms with Crippen LogP contribution in [0, 0.1) is 0 Å². The van der Waals surface area contributed by atoms with Gasteiger partial charge in [-0.25, -0.2) is 0 Å². The molecule has 0 spiro atoms. The van der Waals surface area contributed by atoms with Gasteiger partial charge in [-0.1, -0.05) is 24.3 Å². The highest BCUT2D eigenvalue weighted by atomic mass is 32.1. The molecule has 0 aliphatic heterocycles. The van der Waals surface area contributed by atoms with Crippen LogP contribution in [0.25, 0.3) is 41.7 Å². The van der Waals surface area contributed by atoms with E-state index in [-0.39, 0.29) is 5.43 Å². The van der Waals surface area contributed by atoms with Gasteiger partial charge in [0.05, 0.1) is 14.8 Å². The van der Waals surface area contributed by atoms with Crippen molar-refractivity contribution < 1.29 is 0 Å². The van der Waals surface area contributed by atoms with Gasteiger partial charge in [0.25, 0.3) is 0 Å². The minimum Gasteiger partial charge on any atom is -0.288 e. The van der Waals surface area contributed by atoms with E-state index in [1.165, 1.54) is 30.9 Å². The molecule has 0 saturated carbocycles. The van der Waals surface area contributed by atoms with Crippen molar-refractivity contribution in [1.29, 1.82) is 0 Å². The van der Waals surface area contributed by atoms with Crippen LogP contribution in [-0.4, -0.2) is 0 Å². The molecule has 0 fully saturated rings. The highest BCUT2D eigenvalue weighted by Gasteiger charge is 2.30. The summed E-state index contributed by atoms with van der Waals surface area (Å²) in [6.45, 7) is 0. The van der Waals surface area contributed by atoms with Crippen LogP contribution in [0.1, 0.15) is 0 Å². The number of hydrogen-bond donors (Lipinski definition) is 0. The molecule has 0 aliphatic carbocycles. The summed E-state index contributed by atoms with van der Waals surface area (Å²) < 4.78 is 2.61. The molecule has 0 aliphatic rings. The lowest BCUT2D eigenvalue weighted by atomic mass is 9.94. The van der Waals surface area contributed by atoms with Crippen molar-refractivity contribution in [1.82, 2.24) is 0 Å². The zero-order valence-electron chi connectivity index (χ0n) is 7.63. The maximum Gasteiger partial charge on any atom is 0.196 e. The van der Waals surface area contributed by atoms with Gasteiger partial charge in [0.2, 0.25) is 0 Å². The highest BCUT2D eigenvalue weighted by molar-refractivity contribution is 7.38. The summed E-state index contributed by atoms with van der Waals surface area (Å²) in [5, 5.41) is 7.20. The van der Waals surface area contributed by atoms with Crippen molar-refractivity contribution in [2.24, 2.45) is 0 Å². The van der Waals surface area contributed by atoms with Crippen LogP contribution in [-0.2, 0) is 0 Å². The first kappa shape index (κ1) is 6.75. The molecule has 0 saturated heterocycles.